The summed E-state index contributed by atoms with van der Waals surface area (Å²) in [4.78, 5) is 11.4. The maximum atomic E-state index is 11.4. The molecule has 0 unspecified atom stereocenters. The highest BCUT2D eigenvalue weighted by Crippen LogP contribution is 2.56. The first-order valence-corrected chi connectivity index (χ1v) is 4.25. The lowest BCUT2D eigenvalue weighted by molar-refractivity contribution is -0.150. The molecule has 1 saturated carbocycles. The fraction of sp³-hybridized carbons (Fsp3) is 0.700. The van der Waals surface area contributed by atoms with Crippen molar-refractivity contribution in [2.24, 2.45) is 17.3 Å². The van der Waals surface area contributed by atoms with E-state index in [1.54, 1.807) is 0 Å². The van der Waals surface area contributed by atoms with Crippen molar-refractivity contribution < 1.29 is 4.79 Å². The molecule has 3 rings (SSSR count). The van der Waals surface area contributed by atoms with E-state index in [1.165, 1.54) is 5.57 Å². The highest BCUT2D eigenvalue weighted by molar-refractivity contribution is 5.95. The molecule has 2 atom stereocenters. The molecule has 0 heterocycles. The molecular weight excluding hydrogens is 136 g/mol. The lowest BCUT2D eigenvalue weighted by Crippen LogP contribution is -2.56. The van der Waals surface area contributed by atoms with Gasteiger partial charge >= 0.3 is 0 Å². The summed E-state index contributed by atoms with van der Waals surface area (Å²) in [6.45, 7) is 6.50. The number of carbonyl (C=O) groups is 1. The van der Waals surface area contributed by atoms with Gasteiger partial charge in [0.05, 0.1) is 0 Å². The predicted octanol–water partition coefficient (Wildman–Crippen LogP) is 2.18. The van der Waals surface area contributed by atoms with Gasteiger partial charge in [-0.1, -0.05) is 25.5 Å². The van der Waals surface area contributed by atoms with E-state index in [9.17, 15) is 4.79 Å². The highest BCUT2D eigenvalue weighted by atomic mass is 16.1. The van der Waals surface area contributed by atoms with Crippen molar-refractivity contribution in [2.45, 2.75) is 27.2 Å². The zero-order chi connectivity index (χ0) is 8.22. The molecule has 1 nitrogen and oxygen atoms in total. The molecule has 0 aromatic carbocycles. The molecule has 0 aromatic heterocycles. The van der Waals surface area contributed by atoms with Gasteiger partial charge < -0.3 is 0 Å². The molecular formula is C10H14O. The molecule has 11 heavy (non-hydrogen) atoms. The van der Waals surface area contributed by atoms with Gasteiger partial charge in [-0.2, -0.15) is 0 Å². The number of ketones is 1. The van der Waals surface area contributed by atoms with Crippen LogP contribution in [0.4, 0.5) is 0 Å². The van der Waals surface area contributed by atoms with Crippen LogP contribution in [0, 0.1) is 17.3 Å². The number of fused-ring (bicyclic) bond motifs is 1. The first-order chi connectivity index (χ1) is 5.05. The van der Waals surface area contributed by atoms with Crippen molar-refractivity contribution in [1.82, 2.24) is 0 Å². The molecule has 60 valence electrons. The fourth-order valence-electron chi connectivity index (χ4n) is 2.69. The minimum absolute atomic E-state index is 0.251. The van der Waals surface area contributed by atoms with E-state index >= 15 is 0 Å². The molecule has 0 saturated heterocycles. The first-order valence-electron chi connectivity index (χ1n) is 4.25. The lowest BCUT2D eigenvalue weighted by Gasteiger charge is -2.53. The Morgan fingerprint density at radius 2 is 2.18 bits per heavy atom. The zero-order valence-electron chi connectivity index (χ0n) is 7.35. The quantitative estimate of drug-likeness (QED) is 0.484. The fourth-order valence-corrected chi connectivity index (χ4v) is 2.69. The monoisotopic (exact) mass is 150 g/mol. The van der Waals surface area contributed by atoms with Gasteiger partial charge in [-0.05, 0) is 18.8 Å². The number of carbonyl (C=O) groups excluding carboxylic acids is 1. The van der Waals surface area contributed by atoms with Crippen LogP contribution in [0.2, 0.25) is 0 Å². The van der Waals surface area contributed by atoms with Gasteiger partial charge in [0.25, 0.3) is 0 Å². The Balaban J connectivity index is 2.41. The second-order valence-electron chi connectivity index (χ2n) is 4.39. The second kappa shape index (κ2) is 1.77. The number of rotatable bonds is 0. The van der Waals surface area contributed by atoms with Gasteiger partial charge in [-0.3, -0.25) is 4.79 Å². The summed E-state index contributed by atoms with van der Waals surface area (Å²) in [6.07, 6.45) is 3.20. The van der Waals surface area contributed by atoms with Crippen LogP contribution >= 0.6 is 0 Å². The van der Waals surface area contributed by atoms with E-state index in [2.05, 4.69) is 26.8 Å². The molecule has 0 aliphatic heterocycles. The molecule has 1 fully saturated rings. The molecule has 0 amide bonds. The number of hydrogen-bond donors (Lipinski definition) is 0. The Morgan fingerprint density at radius 1 is 1.55 bits per heavy atom. The average molecular weight is 150 g/mol. The van der Waals surface area contributed by atoms with E-state index < -0.39 is 0 Å². The summed E-state index contributed by atoms with van der Waals surface area (Å²) in [5.74, 6) is 1.06. The Morgan fingerprint density at radius 3 is 2.45 bits per heavy atom. The topological polar surface area (TPSA) is 17.1 Å². The summed E-state index contributed by atoms with van der Waals surface area (Å²) in [7, 11) is 0. The summed E-state index contributed by atoms with van der Waals surface area (Å²) < 4.78 is 0. The zero-order valence-corrected chi connectivity index (χ0v) is 7.35. The van der Waals surface area contributed by atoms with Crippen LogP contribution in [0.3, 0.4) is 0 Å². The van der Waals surface area contributed by atoms with Gasteiger partial charge in [-0.25, -0.2) is 0 Å². The van der Waals surface area contributed by atoms with Crippen molar-refractivity contribution in [1.29, 1.82) is 0 Å². The van der Waals surface area contributed by atoms with Crippen LogP contribution in [0.25, 0.3) is 0 Å². The smallest absolute Gasteiger partial charge is 0.144 e. The number of hydrogen-bond acceptors (Lipinski definition) is 1. The molecule has 0 N–H and O–H groups in total. The van der Waals surface area contributed by atoms with Crippen molar-refractivity contribution in [3.8, 4) is 0 Å². The van der Waals surface area contributed by atoms with Crippen LogP contribution in [0.15, 0.2) is 11.6 Å². The maximum Gasteiger partial charge on any atom is 0.144 e. The third kappa shape index (κ3) is 0.640. The van der Waals surface area contributed by atoms with E-state index in [-0.39, 0.29) is 11.3 Å². The van der Waals surface area contributed by atoms with Gasteiger partial charge in [-0.15, -0.1) is 0 Å². The summed E-state index contributed by atoms with van der Waals surface area (Å²) in [5.41, 5.74) is 1.55. The average Bonchev–Trinajstić information content (AvgIpc) is 1.85. The van der Waals surface area contributed by atoms with Crippen molar-refractivity contribution in [2.75, 3.05) is 0 Å². The second-order valence-corrected chi connectivity index (χ2v) is 4.39. The molecule has 1 heteroatoms. The van der Waals surface area contributed by atoms with Crippen molar-refractivity contribution in [3.63, 3.8) is 0 Å². The van der Waals surface area contributed by atoms with Gasteiger partial charge in [0, 0.05) is 11.8 Å². The van der Waals surface area contributed by atoms with E-state index in [4.69, 9.17) is 0 Å². The maximum absolute atomic E-state index is 11.4. The minimum atomic E-state index is 0.251. The van der Waals surface area contributed by atoms with Gasteiger partial charge in [0.2, 0.25) is 0 Å². The Labute approximate surface area is 67.5 Å². The molecule has 0 radical (unpaired) electrons. The third-order valence-electron chi connectivity index (χ3n) is 3.40. The lowest BCUT2D eigenvalue weighted by atomic mass is 9.48. The molecule has 0 spiro atoms. The van der Waals surface area contributed by atoms with E-state index in [0.29, 0.717) is 11.7 Å². The Hall–Kier alpha value is -0.590. The minimum Gasteiger partial charge on any atom is -0.299 e. The normalized spacial score (nSPS) is 39.5. The van der Waals surface area contributed by atoms with E-state index in [0.717, 1.165) is 6.42 Å². The van der Waals surface area contributed by atoms with Crippen LogP contribution < -0.4 is 0 Å². The number of Topliss-reactive ketones (excluding diaryl/α,β-unsaturated/α-hetero) is 1. The molecule has 3 aliphatic rings. The largest absolute Gasteiger partial charge is 0.299 e. The predicted molar refractivity (Wildman–Crippen MR) is 44.1 cm³/mol. The third-order valence-corrected chi connectivity index (χ3v) is 3.40. The summed E-state index contributed by atoms with van der Waals surface area (Å²) in [6, 6.07) is 0. The first kappa shape index (κ1) is 7.08. The van der Waals surface area contributed by atoms with E-state index in [1.807, 2.05) is 0 Å². The Kier molecular flexibility index (Phi) is 1.14. The summed E-state index contributed by atoms with van der Waals surface area (Å²) >= 11 is 0. The standard InChI is InChI=1S/C10H14O/c1-6-4-5-7-9(11)8(6)10(7,2)3/h4,7-8H,5H2,1-3H3/t7-,8+/m1/s1. The van der Waals surface area contributed by atoms with Crippen molar-refractivity contribution in [3.05, 3.63) is 11.6 Å². The van der Waals surface area contributed by atoms with Gasteiger partial charge in [0.15, 0.2) is 0 Å². The van der Waals surface area contributed by atoms with Crippen LogP contribution in [0.1, 0.15) is 27.2 Å². The SMILES string of the molecule is CC1=CC[C@@H]2C(=O)[C@H]1C2(C)C. The van der Waals surface area contributed by atoms with Crippen LogP contribution in [0.5, 0.6) is 0 Å². The summed E-state index contributed by atoms with van der Waals surface area (Å²) in [5, 5.41) is 0. The molecule has 0 aromatic rings. The van der Waals surface area contributed by atoms with Gasteiger partial charge in [0.1, 0.15) is 5.78 Å². The molecule has 3 aliphatic carbocycles. The van der Waals surface area contributed by atoms with Crippen LogP contribution in [-0.4, -0.2) is 5.78 Å². The van der Waals surface area contributed by atoms with Crippen molar-refractivity contribution >= 4 is 5.78 Å². The molecule has 2 bridgehead atoms. The highest BCUT2D eigenvalue weighted by Gasteiger charge is 2.57. The Bertz CT molecular complexity index is 248. The number of allylic oxidation sites excluding steroid dienone is 2. The van der Waals surface area contributed by atoms with Crippen LogP contribution in [-0.2, 0) is 4.79 Å².